The molecule has 25 heavy (non-hydrogen) atoms. The second-order valence-electron chi connectivity index (χ2n) is 5.51. The Kier molecular flexibility index (Phi) is 6.32. The van der Waals surface area contributed by atoms with E-state index in [-0.39, 0.29) is 5.75 Å². The number of aliphatic hydroxyl groups is 3. The van der Waals surface area contributed by atoms with Gasteiger partial charge >= 0.3 is 11.9 Å². The van der Waals surface area contributed by atoms with Gasteiger partial charge in [-0.2, -0.15) is 0 Å². The van der Waals surface area contributed by atoms with Crippen molar-refractivity contribution in [3.63, 3.8) is 0 Å². The molecule has 1 heterocycles. The van der Waals surface area contributed by atoms with E-state index >= 15 is 0 Å². The van der Waals surface area contributed by atoms with Crippen LogP contribution >= 0.6 is 0 Å². The number of ether oxygens (including phenoxy) is 3. The van der Waals surface area contributed by atoms with Gasteiger partial charge in [-0.05, 0) is 30.7 Å². The summed E-state index contributed by atoms with van der Waals surface area (Å²) in [6.45, 7) is 2.17. The van der Waals surface area contributed by atoms with E-state index in [9.17, 15) is 24.9 Å². The van der Waals surface area contributed by atoms with Crippen molar-refractivity contribution in [2.45, 2.75) is 44.1 Å². The fourth-order valence-corrected chi connectivity index (χ4v) is 2.23. The first kappa shape index (κ1) is 19.1. The Morgan fingerprint density at radius 1 is 1.08 bits per heavy atom. The smallest absolute Gasteiger partial charge is 0.338 e. The van der Waals surface area contributed by atoms with Crippen LogP contribution in [-0.2, 0) is 14.3 Å². The molecule has 1 fully saturated rings. The number of hydrogen-bond donors (Lipinski definition) is 4. The summed E-state index contributed by atoms with van der Waals surface area (Å²) >= 11 is 0. The van der Waals surface area contributed by atoms with Crippen molar-refractivity contribution in [2.75, 3.05) is 6.61 Å². The topological polar surface area (TPSA) is 143 Å². The fraction of sp³-hybridized carbons (Fsp3) is 0.500. The molecule has 0 bridgehead atoms. The molecule has 9 heteroatoms. The first-order valence-corrected chi connectivity index (χ1v) is 7.71. The number of hydrogen-bond acceptors (Lipinski definition) is 8. The van der Waals surface area contributed by atoms with Gasteiger partial charge < -0.3 is 34.6 Å². The normalized spacial score (nSPS) is 29.0. The number of carbonyl (C=O) groups is 2. The number of aliphatic hydroxyl groups excluding tert-OH is 3. The van der Waals surface area contributed by atoms with Crippen LogP contribution in [0.1, 0.15) is 23.7 Å². The second kappa shape index (κ2) is 8.26. The summed E-state index contributed by atoms with van der Waals surface area (Å²) < 4.78 is 15.3. The van der Waals surface area contributed by atoms with Gasteiger partial charge in [0.2, 0.25) is 6.29 Å². The third-order valence-corrected chi connectivity index (χ3v) is 3.59. The van der Waals surface area contributed by atoms with Gasteiger partial charge in [-0.25, -0.2) is 9.59 Å². The molecule has 0 aliphatic carbocycles. The Hall–Kier alpha value is -2.20. The highest BCUT2D eigenvalue weighted by molar-refractivity contribution is 5.89. The third kappa shape index (κ3) is 4.45. The van der Waals surface area contributed by atoms with E-state index in [0.29, 0.717) is 18.6 Å². The van der Waals surface area contributed by atoms with Gasteiger partial charge in [0.15, 0.2) is 6.10 Å². The van der Waals surface area contributed by atoms with Crippen molar-refractivity contribution >= 4 is 11.9 Å². The maximum atomic E-state index is 11.7. The van der Waals surface area contributed by atoms with Crippen LogP contribution in [-0.4, -0.2) is 69.7 Å². The summed E-state index contributed by atoms with van der Waals surface area (Å²) in [4.78, 5) is 22.7. The maximum Gasteiger partial charge on any atom is 0.338 e. The highest BCUT2D eigenvalue weighted by Gasteiger charge is 2.48. The molecule has 5 atom stereocenters. The number of esters is 1. The zero-order valence-electron chi connectivity index (χ0n) is 13.4. The molecule has 1 aromatic rings. The van der Waals surface area contributed by atoms with Crippen molar-refractivity contribution < 1.29 is 44.2 Å². The maximum absolute atomic E-state index is 11.7. The predicted octanol–water partition coefficient (Wildman–Crippen LogP) is -0.476. The molecule has 0 saturated carbocycles. The lowest BCUT2D eigenvalue weighted by Crippen LogP contribution is -2.61. The van der Waals surface area contributed by atoms with Gasteiger partial charge in [-0.1, -0.05) is 6.92 Å². The van der Waals surface area contributed by atoms with Crippen molar-refractivity contribution in [1.82, 2.24) is 0 Å². The van der Waals surface area contributed by atoms with Crippen LogP contribution in [0.4, 0.5) is 0 Å². The first-order chi connectivity index (χ1) is 11.8. The molecular weight excluding hydrogens is 336 g/mol. The molecule has 1 aliphatic heterocycles. The summed E-state index contributed by atoms with van der Waals surface area (Å²) in [6, 6.07) is 5.68. The fourth-order valence-electron chi connectivity index (χ4n) is 2.23. The molecular formula is C16H20O9. The van der Waals surface area contributed by atoms with Crippen molar-refractivity contribution in [3.8, 4) is 5.75 Å². The molecule has 2 rings (SSSR count). The van der Waals surface area contributed by atoms with Crippen molar-refractivity contribution in [2.24, 2.45) is 0 Å². The van der Waals surface area contributed by atoms with E-state index in [2.05, 4.69) is 0 Å². The molecule has 9 nitrogen and oxygen atoms in total. The van der Waals surface area contributed by atoms with Gasteiger partial charge in [-0.3, -0.25) is 0 Å². The SMILES string of the molecule is CCCOC(=O)c1ccc(OC2O[C@H](C(=O)O)[C@@H](O)[C@H](O)[C@H]2O)cc1. The monoisotopic (exact) mass is 356 g/mol. The summed E-state index contributed by atoms with van der Waals surface area (Å²) in [5.41, 5.74) is 0.296. The quantitative estimate of drug-likeness (QED) is 0.497. The van der Waals surface area contributed by atoms with Crippen LogP contribution in [0, 0.1) is 0 Å². The minimum atomic E-state index is -1.79. The lowest BCUT2D eigenvalue weighted by atomic mass is 9.99. The van der Waals surface area contributed by atoms with Crippen LogP contribution in [0.5, 0.6) is 5.75 Å². The lowest BCUT2D eigenvalue weighted by molar-refractivity contribution is -0.271. The van der Waals surface area contributed by atoms with Gasteiger partial charge in [-0.15, -0.1) is 0 Å². The van der Waals surface area contributed by atoms with Crippen LogP contribution in [0.3, 0.4) is 0 Å². The van der Waals surface area contributed by atoms with Gasteiger partial charge in [0, 0.05) is 0 Å². The average Bonchev–Trinajstić information content (AvgIpc) is 2.60. The van der Waals surface area contributed by atoms with Gasteiger partial charge in [0.1, 0.15) is 24.1 Å². The van der Waals surface area contributed by atoms with Crippen LogP contribution < -0.4 is 4.74 Å². The number of carboxylic acids is 1. The van der Waals surface area contributed by atoms with E-state index in [1.54, 1.807) is 0 Å². The van der Waals surface area contributed by atoms with Crippen molar-refractivity contribution in [1.29, 1.82) is 0 Å². The largest absolute Gasteiger partial charge is 0.479 e. The minimum absolute atomic E-state index is 0.170. The molecule has 1 saturated heterocycles. The summed E-state index contributed by atoms with van der Waals surface area (Å²) in [6.07, 6.45) is -7.74. The Balaban J connectivity index is 2.05. The first-order valence-electron chi connectivity index (χ1n) is 7.71. The Morgan fingerprint density at radius 2 is 1.72 bits per heavy atom. The van der Waals surface area contributed by atoms with E-state index in [4.69, 9.17) is 19.3 Å². The average molecular weight is 356 g/mol. The van der Waals surface area contributed by atoms with Gasteiger partial charge in [0.05, 0.1) is 12.2 Å². The zero-order valence-corrected chi connectivity index (χ0v) is 13.4. The third-order valence-electron chi connectivity index (χ3n) is 3.59. The van der Waals surface area contributed by atoms with E-state index in [1.807, 2.05) is 6.92 Å². The van der Waals surface area contributed by atoms with Crippen LogP contribution in [0.25, 0.3) is 0 Å². The standard InChI is InChI=1S/C16H20O9/c1-2-7-23-15(22)8-3-5-9(6-4-8)24-16-12(19)10(17)11(18)13(25-16)14(20)21/h3-6,10-13,16-19H,2,7H2,1H3,(H,20,21)/t10-,11-,12+,13-,16?/m0/s1. The molecule has 0 radical (unpaired) electrons. The number of carboxylic acid groups (broad SMARTS) is 1. The van der Waals surface area contributed by atoms with Crippen molar-refractivity contribution in [3.05, 3.63) is 29.8 Å². The molecule has 1 aromatic carbocycles. The number of carbonyl (C=O) groups excluding carboxylic acids is 1. The zero-order chi connectivity index (χ0) is 18.6. The Morgan fingerprint density at radius 3 is 2.28 bits per heavy atom. The number of benzene rings is 1. The predicted molar refractivity (Wildman–Crippen MR) is 82.0 cm³/mol. The summed E-state index contributed by atoms with van der Waals surface area (Å²) in [5, 5.41) is 38.2. The minimum Gasteiger partial charge on any atom is -0.479 e. The molecule has 1 aliphatic rings. The molecule has 4 N–H and O–H groups in total. The van der Waals surface area contributed by atoms with E-state index in [1.165, 1.54) is 24.3 Å². The molecule has 138 valence electrons. The number of rotatable bonds is 6. The van der Waals surface area contributed by atoms with E-state index in [0.717, 1.165) is 0 Å². The molecule has 1 unspecified atom stereocenters. The molecule has 0 aromatic heterocycles. The lowest BCUT2D eigenvalue weighted by Gasteiger charge is -2.38. The highest BCUT2D eigenvalue weighted by atomic mass is 16.7. The Labute approximate surface area is 143 Å². The summed E-state index contributed by atoms with van der Waals surface area (Å²) in [7, 11) is 0. The Bertz CT molecular complexity index is 600. The van der Waals surface area contributed by atoms with E-state index < -0.39 is 42.6 Å². The summed E-state index contributed by atoms with van der Waals surface area (Å²) in [5.74, 6) is -1.82. The van der Waals surface area contributed by atoms with Gasteiger partial charge in [0.25, 0.3) is 0 Å². The second-order valence-corrected chi connectivity index (χ2v) is 5.51. The van der Waals surface area contributed by atoms with Crippen LogP contribution in [0.2, 0.25) is 0 Å². The number of aliphatic carboxylic acids is 1. The molecule has 0 spiro atoms. The molecule has 0 amide bonds. The highest BCUT2D eigenvalue weighted by Crippen LogP contribution is 2.25. The van der Waals surface area contributed by atoms with Crippen LogP contribution in [0.15, 0.2) is 24.3 Å².